The molecule has 166 valence electrons. The quantitative estimate of drug-likeness (QED) is 0.550. The molecule has 31 heavy (non-hydrogen) atoms. The molecule has 0 radical (unpaired) electrons. The molecule has 1 fully saturated rings. The maximum atomic E-state index is 13.0. The van der Waals surface area contributed by atoms with Gasteiger partial charge >= 0.3 is 18.4 Å². The molecule has 2 aromatic rings. The highest BCUT2D eigenvalue weighted by Crippen LogP contribution is 2.37. The van der Waals surface area contributed by atoms with Crippen LogP contribution in [-0.4, -0.2) is 30.5 Å². The normalized spacial score (nSPS) is 19.6. The molecule has 1 aliphatic heterocycles. The minimum atomic E-state index is -4.99. The van der Waals surface area contributed by atoms with Crippen LogP contribution in [-0.2, 0) is 34.0 Å². The number of hydrogen-bond donors (Lipinski definition) is 1. The minimum absolute atomic E-state index is 0.0185. The van der Waals surface area contributed by atoms with Crippen LogP contribution < -0.4 is 5.32 Å². The second-order valence-electron chi connectivity index (χ2n) is 6.97. The fraction of sp³-hybridized carbons (Fsp3) is 0.300. The van der Waals surface area contributed by atoms with Crippen LogP contribution in [0.25, 0.3) is 0 Å². The van der Waals surface area contributed by atoms with E-state index in [1.54, 1.807) is 30.3 Å². The van der Waals surface area contributed by atoms with Crippen LogP contribution in [0.5, 0.6) is 0 Å². The summed E-state index contributed by atoms with van der Waals surface area (Å²) in [5.74, 6) is -0.663. The first kappa shape index (κ1) is 22.6. The van der Waals surface area contributed by atoms with E-state index in [9.17, 15) is 35.9 Å². The van der Waals surface area contributed by atoms with E-state index in [1.165, 1.54) is 7.05 Å². The third kappa shape index (κ3) is 4.50. The van der Waals surface area contributed by atoms with Gasteiger partial charge in [-0.3, -0.25) is 9.69 Å². The number of amides is 3. The Kier molecular flexibility index (Phi) is 5.74. The van der Waals surface area contributed by atoms with Gasteiger partial charge in [0.15, 0.2) is 5.54 Å². The molecule has 1 N–H and O–H groups in total. The Labute approximate surface area is 172 Å². The van der Waals surface area contributed by atoms with Gasteiger partial charge in [0.2, 0.25) is 0 Å². The third-order valence-corrected chi connectivity index (χ3v) is 4.80. The Morgan fingerprint density at radius 1 is 0.935 bits per heavy atom. The molecule has 0 spiro atoms. The number of rotatable bonds is 5. The summed E-state index contributed by atoms with van der Waals surface area (Å²) in [5, 5.41) is 2.49. The highest BCUT2D eigenvalue weighted by Gasteiger charge is 2.51. The lowest BCUT2D eigenvalue weighted by molar-refractivity contribution is -0.143. The summed E-state index contributed by atoms with van der Waals surface area (Å²) >= 11 is 0. The molecule has 0 aliphatic carbocycles. The molecular formula is C20H16F6N2O3. The second-order valence-corrected chi connectivity index (χ2v) is 6.97. The number of benzene rings is 2. The van der Waals surface area contributed by atoms with Crippen molar-refractivity contribution in [1.82, 2.24) is 10.2 Å². The van der Waals surface area contributed by atoms with Gasteiger partial charge in [0.1, 0.15) is 0 Å². The summed E-state index contributed by atoms with van der Waals surface area (Å²) in [7, 11) is 1.24. The molecule has 1 heterocycles. The van der Waals surface area contributed by atoms with Crippen molar-refractivity contribution in [1.29, 1.82) is 0 Å². The Balaban J connectivity index is 1.88. The summed E-state index contributed by atoms with van der Waals surface area (Å²) in [6.45, 7) is -1.14. The van der Waals surface area contributed by atoms with Crippen molar-refractivity contribution < 1.29 is 40.7 Å². The molecule has 1 unspecified atom stereocenters. The number of nitrogens with one attached hydrogen (secondary N) is 1. The predicted octanol–water partition coefficient (Wildman–Crippen LogP) is 4.32. The van der Waals surface area contributed by atoms with E-state index in [2.05, 4.69) is 5.32 Å². The number of likely N-dealkylation sites (N-methyl/N-ethyl adjacent to an activating group) is 1. The van der Waals surface area contributed by atoms with E-state index in [0.29, 0.717) is 17.7 Å². The average molecular weight is 446 g/mol. The van der Waals surface area contributed by atoms with Crippen molar-refractivity contribution in [2.24, 2.45) is 0 Å². The highest BCUT2D eigenvalue weighted by atomic mass is 19.4. The summed E-state index contributed by atoms with van der Waals surface area (Å²) in [4.78, 5) is 25.5. The molecule has 1 saturated heterocycles. The molecule has 2 aromatic carbocycles. The number of urea groups is 1. The van der Waals surface area contributed by atoms with Crippen LogP contribution in [0.1, 0.15) is 22.3 Å². The van der Waals surface area contributed by atoms with Gasteiger partial charge in [-0.25, -0.2) is 4.79 Å². The fourth-order valence-electron chi connectivity index (χ4n) is 3.22. The zero-order chi connectivity index (χ0) is 23.0. The lowest BCUT2D eigenvalue weighted by Gasteiger charge is -2.27. The number of imide groups is 1. The van der Waals surface area contributed by atoms with Gasteiger partial charge in [-0.1, -0.05) is 30.3 Å². The Morgan fingerprint density at radius 2 is 1.48 bits per heavy atom. The first-order valence-electron chi connectivity index (χ1n) is 8.86. The average Bonchev–Trinajstić information content (AvgIpc) is 2.92. The first-order valence-corrected chi connectivity index (χ1v) is 8.86. The maximum Gasteiger partial charge on any atom is 0.416 e. The van der Waals surface area contributed by atoms with Crippen molar-refractivity contribution in [2.45, 2.75) is 24.5 Å². The minimum Gasteiger partial charge on any atom is -0.373 e. The van der Waals surface area contributed by atoms with E-state index in [4.69, 9.17) is 4.74 Å². The molecule has 1 aliphatic rings. The first-order chi connectivity index (χ1) is 14.3. The predicted molar refractivity (Wildman–Crippen MR) is 95.5 cm³/mol. The van der Waals surface area contributed by atoms with Crippen LogP contribution in [0.4, 0.5) is 31.1 Å². The summed E-state index contributed by atoms with van der Waals surface area (Å²) in [5.41, 5.74) is -4.61. The van der Waals surface area contributed by atoms with Gasteiger partial charge in [0.05, 0.1) is 24.3 Å². The Hall–Kier alpha value is -3.08. The molecule has 1 atom stereocenters. The van der Waals surface area contributed by atoms with Crippen LogP contribution in [0.15, 0.2) is 48.5 Å². The van der Waals surface area contributed by atoms with Crippen LogP contribution in [0.3, 0.4) is 0 Å². The maximum absolute atomic E-state index is 13.0. The Morgan fingerprint density at radius 3 is 1.94 bits per heavy atom. The molecule has 0 bridgehead atoms. The van der Waals surface area contributed by atoms with Gasteiger partial charge in [-0.05, 0) is 29.3 Å². The van der Waals surface area contributed by atoms with Crippen molar-refractivity contribution in [3.63, 3.8) is 0 Å². The largest absolute Gasteiger partial charge is 0.416 e. The number of carbonyl (C=O) groups is 2. The molecule has 0 saturated carbocycles. The third-order valence-electron chi connectivity index (χ3n) is 4.80. The summed E-state index contributed by atoms with van der Waals surface area (Å²) < 4.78 is 83.5. The monoisotopic (exact) mass is 446 g/mol. The summed E-state index contributed by atoms with van der Waals surface area (Å²) in [6.07, 6.45) is -9.97. The van der Waals surface area contributed by atoms with E-state index in [-0.39, 0.29) is 11.6 Å². The van der Waals surface area contributed by atoms with Gasteiger partial charge < -0.3 is 10.1 Å². The molecule has 11 heteroatoms. The van der Waals surface area contributed by atoms with Crippen molar-refractivity contribution in [3.8, 4) is 0 Å². The molecular weight excluding hydrogens is 430 g/mol. The standard InChI is InChI=1S/C20H16F6N2O3/c1-28-16(29)18(27-17(28)30,13-5-3-2-4-6-13)11-31-10-12-7-14(19(21,22)23)9-15(8-12)20(24,25)26/h2-9H,10-11H2,1H3,(H,27,30). The van der Waals surface area contributed by atoms with Gasteiger partial charge in [0, 0.05) is 7.05 Å². The highest BCUT2D eigenvalue weighted by molar-refractivity contribution is 6.07. The zero-order valence-electron chi connectivity index (χ0n) is 16.0. The van der Waals surface area contributed by atoms with E-state index in [0.717, 1.165) is 4.90 Å². The van der Waals surface area contributed by atoms with E-state index >= 15 is 0 Å². The smallest absolute Gasteiger partial charge is 0.373 e. The number of ether oxygens (including phenoxy) is 1. The van der Waals surface area contributed by atoms with Crippen molar-refractivity contribution >= 4 is 11.9 Å². The topological polar surface area (TPSA) is 58.6 Å². The molecule has 0 aromatic heterocycles. The van der Waals surface area contributed by atoms with Crippen LogP contribution in [0, 0.1) is 0 Å². The number of alkyl halides is 6. The number of nitrogens with zero attached hydrogens (tertiary/aromatic N) is 1. The number of halogens is 6. The SMILES string of the molecule is CN1C(=O)NC(COCc2cc(C(F)(F)F)cc(C(F)(F)F)c2)(c2ccccc2)C1=O. The molecule has 3 rings (SSSR count). The molecule has 3 amide bonds. The van der Waals surface area contributed by atoms with Gasteiger partial charge in [0.25, 0.3) is 5.91 Å². The lowest BCUT2D eigenvalue weighted by atomic mass is 9.90. The number of carbonyl (C=O) groups excluding carboxylic acids is 2. The fourth-order valence-corrected chi connectivity index (χ4v) is 3.22. The van der Waals surface area contributed by atoms with Crippen molar-refractivity contribution in [3.05, 3.63) is 70.8 Å². The summed E-state index contributed by atoms with van der Waals surface area (Å²) in [6, 6.07) is 8.39. The molecule has 5 nitrogen and oxygen atoms in total. The van der Waals surface area contributed by atoms with E-state index < -0.39 is 54.2 Å². The zero-order valence-corrected chi connectivity index (χ0v) is 16.0. The van der Waals surface area contributed by atoms with E-state index in [1.807, 2.05) is 0 Å². The lowest BCUT2D eigenvalue weighted by Crippen LogP contribution is -2.47. The van der Waals surface area contributed by atoms with Crippen LogP contribution in [0.2, 0.25) is 0 Å². The van der Waals surface area contributed by atoms with Gasteiger partial charge in [-0.2, -0.15) is 26.3 Å². The Bertz CT molecular complexity index is 958. The van der Waals surface area contributed by atoms with Crippen LogP contribution >= 0.6 is 0 Å². The number of hydrogen-bond acceptors (Lipinski definition) is 3. The van der Waals surface area contributed by atoms with Crippen molar-refractivity contribution in [2.75, 3.05) is 13.7 Å². The second kappa shape index (κ2) is 7.88. The van der Waals surface area contributed by atoms with Gasteiger partial charge in [-0.15, -0.1) is 0 Å².